The number of aliphatic hydroxyl groups excluding tert-OH is 1. The van der Waals surface area contributed by atoms with Crippen molar-refractivity contribution < 1.29 is 18.3 Å². The number of hydrogen-bond acceptors (Lipinski definition) is 4. The van der Waals surface area contributed by atoms with E-state index < -0.39 is 10.0 Å². The number of halogens is 1. The molecule has 5 nitrogen and oxygen atoms in total. The van der Waals surface area contributed by atoms with Gasteiger partial charge in [0.05, 0.1) is 18.1 Å². The molecule has 7 heteroatoms. The lowest BCUT2D eigenvalue weighted by Gasteiger charge is -2.13. The maximum absolute atomic E-state index is 12.3. The van der Waals surface area contributed by atoms with Crippen LogP contribution in [0.1, 0.15) is 25.0 Å². The molecular weight excluding hydrogens is 358 g/mol. The van der Waals surface area contributed by atoms with Gasteiger partial charge < -0.3 is 9.84 Å². The van der Waals surface area contributed by atoms with Crippen molar-refractivity contribution in [2.45, 2.75) is 32.3 Å². The molecule has 0 bridgehead atoms. The van der Waals surface area contributed by atoms with Gasteiger partial charge in [0.15, 0.2) is 0 Å². The third-order valence-electron chi connectivity index (χ3n) is 2.82. The SMILES string of the molecule is Cc1c(Br)cc(CO)cc1S(=O)(=O)NCCOCC(C)C. The van der Waals surface area contributed by atoms with Gasteiger partial charge in [0, 0.05) is 17.6 Å². The molecule has 0 amide bonds. The monoisotopic (exact) mass is 379 g/mol. The van der Waals surface area contributed by atoms with E-state index in [0.29, 0.717) is 34.7 Å². The third-order valence-corrected chi connectivity index (χ3v) is 5.23. The lowest BCUT2D eigenvalue weighted by atomic mass is 10.2. The van der Waals surface area contributed by atoms with Crippen molar-refractivity contribution in [2.75, 3.05) is 19.8 Å². The van der Waals surface area contributed by atoms with Gasteiger partial charge in [-0.2, -0.15) is 0 Å². The molecular formula is C14H22BrNO4S. The summed E-state index contributed by atoms with van der Waals surface area (Å²) in [5, 5.41) is 9.19. The second kappa shape index (κ2) is 8.24. The second-order valence-electron chi connectivity index (χ2n) is 5.23. The summed E-state index contributed by atoms with van der Waals surface area (Å²) in [6.07, 6.45) is 0. The lowest BCUT2D eigenvalue weighted by molar-refractivity contribution is 0.114. The zero-order valence-electron chi connectivity index (χ0n) is 12.5. The van der Waals surface area contributed by atoms with Crippen LogP contribution in [-0.2, 0) is 21.4 Å². The summed E-state index contributed by atoms with van der Waals surface area (Å²) in [6.45, 7) is 6.73. The highest BCUT2D eigenvalue weighted by atomic mass is 79.9. The van der Waals surface area contributed by atoms with Crippen molar-refractivity contribution in [1.82, 2.24) is 4.72 Å². The standard InChI is InChI=1S/C14H22BrNO4S/c1-10(2)9-20-5-4-16-21(18,19)14-7-12(8-17)6-13(15)11(14)3/h6-7,10,16-17H,4-5,8-9H2,1-3H3. The molecule has 2 N–H and O–H groups in total. The molecule has 0 saturated carbocycles. The molecule has 0 aliphatic heterocycles. The van der Waals surface area contributed by atoms with Crippen LogP contribution in [0.15, 0.2) is 21.5 Å². The molecule has 0 radical (unpaired) electrons. The van der Waals surface area contributed by atoms with Gasteiger partial charge in [0.1, 0.15) is 0 Å². The molecule has 120 valence electrons. The molecule has 0 heterocycles. The number of ether oxygens (including phenoxy) is 1. The zero-order chi connectivity index (χ0) is 16.0. The van der Waals surface area contributed by atoms with Gasteiger partial charge in [-0.3, -0.25) is 0 Å². The Hall–Kier alpha value is -0.470. The van der Waals surface area contributed by atoms with Crippen LogP contribution >= 0.6 is 15.9 Å². The van der Waals surface area contributed by atoms with Gasteiger partial charge in [-0.25, -0.2) is 13.1 Å². The Bertz CT molecular complexity index is 573. The van der Waals surface area contributed by atoms with Crippen LogP contribution in [0.25, 0.3) is 0 Å². The topological polar surface area (TPSA) is 75.6 Å². The molecule has 1 rings (SSSR count). The van der Waals surface area contributed by atoms with Gasteiger partial charge in [0.25, 0.3) is 0 Å². The molecule has 0 aliphatic carbocycles. The fraction of sp³-hybridized carbons (Fsp3) is 0.571. The maximum atomic E-state index is 12.3. The quantitative estimate of drug-likeness (QED) is 0.678. The third kappa shape index (κ3) is 5.67. The van der Waals surface area contributed by atoms with Gasteiger partial charge in [-0.05, 0) is 36.1 Å². The summed E-state index contributed by atoms with van der Waals surface area (Å²) in [6, 6.07) is 3.19. The van der Waals surface area contributed by atoms with E-state index in [1.165, 1.54) is 6.07 Å². The van der Waals surface area contributed by atoms with E-state index in [-0.39, 0.29) is 18.0 Å². The van der Waals surface area contributed by atoms with Crippen molar-refractivity contribution in [1.29, 1.82) is 0 Å². The van der Waals surface area contributed by atoms with E-state index in [1.807, 2.05) is 13.8 Å². The van der Waals surface area contributed by atoms with Crippen LogP contribution < -0.4 is 4.72 Å². The molecule has 0 spiro atoms. The Kier molecular flexibility index (Phi) is 7.29. The first-order valence-corrected chi connectivity index (χ1v) is 9.03. The van der Waals surface area contributed by atoms with Crippen LogP contribution in [0.4, 0.5) is 0 Å². The first kappa shape index (κ1) is 18.6. The van der Waals surface area contributed by atoms with Gasteiger partial charge in [-0.1, -0.05) is 29.8 Å². The Balaban J connectivity index is 2.76. The van der Waals surface area contributed by atoms with Crippen LogP contribution in [0.5, 0.6) is 0 Å². The number of aliphatic hydroxyl groups is 1. The van der Waals surface area contributed by atoms with Crippen LogP contribution in [0.3, 0.4) is 0 Å². The minimum absolute atomic E-state index is 0.171. The Morgan fingerprint density at radius 1 is 1.38 bits per heavy atom. The first-order chi connectivity index (χ1) is 9.77. The highest BCUT2D eigenvalue weighted by Crippen LogP contribution is 2.25. The van der Waals surface area contributed by atoms with E-state index in [2.05, 4.69) is 20.7 Å². The van der Waals surface area contributed by atoms with Gasteiger partial charge in [0.2, 0.25) is 10.0 Å². The van der Waals surface area contributed by atoms with E-state index in [1.54, 1.807) is 13.0 Å². The van der Waals surface area contributed by atoms with E-state index >= 15 is 0 Å². The molecule has 0 aliphatic rings. The summed E-state index contributed by atoms with van der Waals surface area (Å²) in [5.41, 5.74) is 1.16. The number of nitrogens with one attached hydrogen (secondary N) is 1. The van der Waals surface area contributed by atoms with Gasteiger partial charge >= 0.3 is 0 Å². The summed E-state index contributed by atoms with van der Waals surface area (Å²) in [4.78, 5) is 0.171. The van der Waals surface area contributed by atoms with Crippen LogP contribution in [0.2, 0.25) is 0 Å². The molecule has 1 aromatic carbocycles. The Morgan fingerprint density at radius 3 is 2.62 bits per heavy atom. The van der Waals surface area contributed by atoms with Crippen molar-refractivity contribution in [3.63, 3.8) is 0 Å². The summed E-state index contributed by atoms with van der Waals surface area (Å²) < 4.78 is 33.1. The van der Waals surface area contributed by atoms with E-state index in [0.717, 1.165) is 0 Å². The molecule has 21 heavy (non-hydrogen) atoms. The number of hydrogen-bond donors (Lipinski definition) is 2. The predicted molar refractivity (Wildman–Crippen MR) is 85.6 cm³/mol. The number of rotatable bonds is 8. The average Bonchev–Trinajstić information content (AvgIpc) is 2.40. The minimum Gasteiger partial charge on any atom is -0.392 e. The summed E-state index contributed by atoms with van der Waals surface area (Å²) in [7, 11) is -3.62. The normalized spacial score (nSPS) is 12.1. The molecule has 0 saturated heterocycles. The number of sulfonamides is 1. The van der Waals surface area contributed by atoms with Crippen LogP contribution in [-0.4, -0.2) is 33.3 Å². The highest BCUT2D eigenvalue weighted by Gasteiger charge is 2.18. The van der Waals surface area contributed by atoms with Crippen LogP contribution in [0, 0.1) is 12.8 Å². The fourth-order valence-electron chi connectivity index (χ4n) is 1.72. The molecule has 0 unspecified atom stereocenters. The minimum atomic E-state index is -3.62. The predicted octanol–water partition coefficient (Wildman–Crippen LogP) is 2.20. The average molecular weight is 380 g/mol. The lowest BCUT2D eigenvalue weighted by Crippen LogP contribution is -2.28. The smallest absolute Gasteiger partial charge is 0.240 e. The molecule has 0 aromatic heterocycles. The Labute approximate surface area is 134 Å². The van der Waals surface area contributed by atoms with Crippen molar-refractivity contribution in [3.05, 3.63) is 27.7 Å². The summed E-state index contributed by atoms with van der Waals surface area (Å²) in [5.74, 6) is 0.418. The van der Waals surface area contributed by atoms with Crippen molar-refractivity contribution in [2.24, 2.45) is 5.92 Å². The molecule has 0 fully saturated rings. The highest BCUT2D eigenvalue weighted by molar-refractivity contribution is 9.10. The summed E-state index contributed by atoms with van der Waals surface area (Å²) >= 11 is 3.31. The van der Waals surface area contributed by atoms with Crippen molar-refractivity contribution in [3.8, 4) is 0 Å². The first-order valence-electron chi connectivity index (χ1n) is 6.75. The largest absolute Gasteiger partial charge is 0.392 e. The Morgan fingerprint density at radius 2 is 2.05 bits per heavy atom. The maximum Gasteiger partial charge on any atom is 0.240 e. The number of benzene rings is 1. The second-order valence-corrected chi connectivity index (χ2v) is 7.82. The molecule has 1 aromatic rings. The van der Waals surface area contributed by atoms with E-state index in [4.69, 9.17) is 4.74 Å². The van der Waals surface area contributed by atoms with Crippen molar-refractivity contribution >= 4 is 26.0 Å². The fourth-order valence-corrected chi connectivity index (χ4v) is 3.69. The zero-order valence-corrected chi connectivity index (χ0v) is 14.9. The molecule has 0 atom stereocenters. The van der Waals surface area contributed by atoms with Gasteiger partial charge in [-0.15, -0.1) is 0 Å². The van der Waals surface area contributed by atoms with E-state index in [9.17, 15) is 13.5 Å².